The lowest BCUT2D eigenvalue weighted by atomic mass is 10.1. The predicted molar refractivity (Wildman–Crippen MR) is 91.7 cm³/mol. The van der Waals surface area contributed by atoms with Crippen LogP contribution in [0.4, 0.5) is 5.13 Å². The van der Waals surface area contributed by atoms with E-state index < -0.39 is 0 Å². The molecule has 0 saturated heterocycles. The van der Waals surface area contributed by atoms with Gasteiger partial charge in [-0.15, -0.1) is 11.3 Å². The van der Waals surface area contributed by atoms with Crippen LogP contribution in [0.1, 0.15) is 10.4 Å². The second-order valence-corrected chi connectivity index (χ2v) is 5.92. The lowest BCUT2D eigenvalue weighted by Gasteiger charge is -2.01. The van der Waals surface area contributed by atoms with Crippen LogP contribution in [0.15, 0.2) is 70.9 Å². The topological polar surface area (TPSA) is 55.1 Å². The summed E-state index contributed by atoms with van der Waals surface area (Å²) in [4.78, 5) is 16.5. The van der Waals surface area contributed by atoms with E-state index in [1.807, 2.05) is 23.6 Å². The molecule has 112 valence electrons. The number of anilines is 1. The van der Waals surface area contributed by atoms with Crippen LogP contribution in [0.2, 0.25) is 0 Å². The molecule has 0 fully saturated rings. The molecule has 2 aromatic carbocycles. The summed E-state index contributed by atoms with van der Waals surface area (Å²) >= 11 is 1.40. The van der Waals surface area contributed by atoms with Crippen molar-refractivity contribution in [1.82, 2.24) is 4.98 Å². The molecule has 0 saturated carbocycles. The molecule has 4 nitrogen and oxygen atoms in total. The van der Waals surface area contributed by atoms with E-state index in [1.54, 1.807) is 6.07 Å². The predicted octanol–water partition coefficient (Wildman–Crippen LogP) is 4.81. The Balaban J connectivity index is 1.60. The van der Waals surface area contributed by atoms with E-state index in [1.165, 1.54) is 34.6 Å². The van der Waals surface area contributed by atoms with E-state index in [2.05, 4.69) is 34.6 Å². The fraction of sp³-hybridized carbons (Fsp3) is 0. The van der Waals surface area contributed by atoms with E-state index in [4.69, 9.17) is 4.42 Å². The van der Waals surface area contributed by atoms with Gasteiger partial charge in [0.25, 0.3) is 5.91 Å². The summed E-state index contributed by atoms with van der Waals surface area (Å²) in [6.45, 7) is 0. The molecule has 0 aliphatic rings. The molecule has 23 heavy (non-hydrogen) atoms. The SMILES string of the molecule is O=C(Nc1nc(-c2ccc3ccccc3c2)cs1)c1ccoc1. The third-order valence-electron chi connectivity index (χ3n) is 3.55. The zero-order chi connectivity index (χ0) is 15.6. The molecule has 0 aliphatic heterocycles. The molecule has 0 atom stereocenters. The second kappa shape index (κ2) is 5.70. The molecule has 0 spiro atoms. The first kappa shape index (κ1) is 13.7. The van der Waals surface area contributed by atoms with Gasteiger partial charge in [0.15, 0.2) is 5.13 Å². The molecule has 1 N–H and O–H groups in total. The number of thiazole rings is 1. The Hall–Kier alpha value is -2.92. The van der Waals surface area contributed by atoms with Crippen molar-refractivity contribution in [3.63, 3.8) is 0 Å². The van der Waals surface area contributed by atoms with Crippen LogP contribution >= 0.6 is 11.3 Å². The van der Waals surface area contributed by atoms with Gasteiger partial charge in [-0.1, -0.05) is 36.4 Å². The number of benzene rings is 2. The highest BCUT2D eigenvalue weighted by Gasteiger charge is 2.11. The van der Waals surface area contributed by atoms with Crippen molar-refractivity contribution < 1.29 is 9.21 Å². The standard InChI is InChI=1S/C18H12N2O2S/c21-17(15-7-8-22-10-15)20-18-19-16(11-23-18)14-6-5-12-3-1-2-4-13(12)9-14/h1-11H,(H,19,20,21). The van der Waals surface area contributed by atoms with Crippen LogP contribution in [0.5, 0.6) is 0 Å². The quantitative estimate of drug-likeness (QED) is 0.589. The van der Waals surface area contributed by atoms with Gasteiger partial charge in [-0.2, -0.15) is 0 Å². The van der Waals surface area contributed by atoms with E-state index in [-0.39, 0.29) is 5.91 Å². The van der Waals surface area contributed by atoms with E-state index in [0.29, 0.717) is 10.7 Å². The van der Waals surface area contributed by atoms with Crippen molar-refractivity contribution in [2.75, 3.05) is 5.32 Å². The van der Waals surface area contributed by atoms with Crippen LogP contribution in [-0.2, 0) is 0 Å². The van der Waals surface area contributed by atoms with Crippen molar-refractivity contribution in [2.24, 2.45) is 0 Å². The summed E-state index contributed by atoms with van der Waals surface area (Å²) in [6, 6.07) is 16.0. The molecule has 2 heterocycles. The summed E-state index contributed by atoms with van der Waals surface area (Å²) in [6.07, 6.45) is 2.88. The first-order valence-corrected chi connectivity index (χ1v) is 7.96. The highest BCUT2D eigenvalue weighted by atomic mass is 32.1. The molecule has 5 heteroatoms. The van der Waals surface area contributed by atoms with Crippen molar-refractivity contribution in [3.8, 4) is 11.3 Å². The molecule has 2 aromatic heterocycles. The summed E-state index contributed by atoms with van der Waals surface area (Å²) in [5.41, 5.74) is 2.36. The van der Waals surface area contributed by atoms with Crippen LogP contribution in [0.25, 0.3) is 22.0 Å². The Morgan fingerprint density at radius 1 is 1.09 bits per heavy atom. The summed E-state index contributed by atoms with van der Waals surface area (Å²) in [5, 5.41) is 7.65. The monoisotopic (exact) mass is 320 g/mol. The van der Waals surface area contributed by atoms with Gasteiger partial charge in [-0.25, -0.2) is 4.98 Å². The lowest BCUT2D eigenvalue weighted by molar-refractivity contribution is 0.102. The minimum absolute atomic E-state index is 0.224. The molecule has 4 aromatic rings. The van der Waals surface area contributed by atoms with Gasteiger partial charge in [0.1, 0.15) is 6.26 Å². The van der Waals surface area contributed by atoms with Gasteiger partial charge in [0.05, 0.1) is 17.5 Å². The van der Waals surface area contributed by atoms with Crippen LogP contribution < -0.4 is 5.32 Å². The zero-order valence-electron chi connectivity index (χ0n) is 12.0. The zero-order valence-corrected chi connectivity index (χ0v) is 12.8. The smallest absolute Gasteiger partial charge is 0.260 e. The Bertz CT molecular complexity index is 974. The Labute approximate surface area is 136 Å². The molecule has 0 aliphatic carbocycles. The average molecular weight is 320 g/mol. The van der Waals surface area contributed by atoms with Crippen molar-refractivity contribution >= 4 is 33.1 Å². The van der Waals surface area contributed by atoms with Crippen molar-refractivity contribution in [3.05, 3.63) is 72.0 Å². The van der Waals surface area contributed by atoms with Gasteiger partial charge < -0.3 is 4.42 Å². The Morgan fingerprint density at radius 3 is 2.78 bits per heavy atom. The largest absolute Gasteiger partial charge is 0.472 e. The summed E-state index contributed by atoms with van der Waals surface area (Å²) < 4.78 is 4.91. The fourth-order valence-corrected chi connectivity index (χ4v) is 3.09. The van der Waals surface area contributed by atoms with Crippen LogP contribution in [-0.4, -0.2) is 10.9 Å². The van der Waals surface area contributed by atoms with Crippen LogP contribution in [0, 0.1) is 0 Å². The molecular weight excluding hydrogens is 308 g/mol. The van der Waals surface area contributed by atoms with E-state index >= 15 is 0 Å². The molecule has 0 bridgehead atoms. The van der Waals surface area contributed by atoms with Gasteiger partial charge in [0.2, 0.25) is 0 Å². The average Bonchev–Trinajstić information content (AvgIpc) is 3.26. The molecule has 0 radical (unpaired) electrons. The molecular formula is C18H12N2O2S. The summed E-state index contributed by atoms with van der Waals surface area (Å²) in [7, 11) is 0. The third-order valence-corrected chi connectivity index (χ3v) is 4.31. The maximum Gasteiger partial charge on any atom is 0.260 e. The fourth-order valence-electron chi connectivity index (χ4n) is 2.38. The number of nitrogens with zero attached hydrogens (tertiary/aromatic N) is 1. The third kappa shape index (κ3) is 2.74. The molecule has 4 rings (SSSR count). The Kier molecular flexibility index (Phi) is 3.40. The number of fused-ring (bicyclic) bond motifs is 1. The minimum Gasteiger partial charge on any atom is -0.472 e. The number of carbonyl (C=O) groups is 1. The van der Waals surface area contributed by atoms with Gasteiger partial charge in [0, 0.05) is 10.9 Å². The highest BCUT2D eigenvalue weighted by molar-refractivity contribution is 7.14. The number of hydrogen-bond donors (Lipinski definition) is 1. The second-order valence-electron chi connectivity index (χ2n) is 5.07. The highest BCUT2D eigenvalue weighted by Crippen LogP contribution is 2.28. The van der Waals surface area contributed by atoms with Crippen LogP contribution in [0.3, 0.4) is 0 Å². The first-order valence-electron chi connectivity index (χ1n) is 7.08. The van der Waals surface area contributed by atoms with Crippen molar-refractivity contribution in [1.29, 1.82) is 0 Å². The van der Waals surface area contributed by atoms with E-state index in [9.17, 15) is 4.79 Å². The number of carbonyl (C=O) groups excluding carboxylic acids is 1. The maximum absolute atomic E-state index is 12.0. The normalized spacial score (nSPS) is 10.8. The first-order chi connectivity index (χ1) is 11.3. The number of amides is 1. The summed E-state index contributed by atoms with van der Waals surface area (Å²) in [5.74, 6) is -0.224. The number of rotatable bonds is 3. The van der Waals surface area contributed by atoms with Gasteiger partial charge in [-0.05, 0) is 22.9 Å². The van der Waals surface area contributed by atoms with Crippen molar-refractivity contribution in [2.45, 2.75) is 0 Å². The van der Waals surface area contributed by atoms with Gasteiger partial charge in [-0.3, -0.25) is 10.1 Å². The number of hydrogen-bond acceptors (Lipinski definition) is 4. The molecule has 1 amide bonds. The molecule has 0 unspecified atom stereocenters. The van der Waals surface area contributed by atoms with Gasteiger partial charge >= 0.3 is 0 Å². The Morgan fingerprint density at radius 2 is 1.96 bits per heavy atom. The lowest BCUT2D eigenvalue weighted by Crippen LogP contribution is -2.10. The minimum atomic E-state index is -0.224. The number of nitrogens with one attached hydrogen (secondary N) is 1. The maximum atomic E-state index is 12.0. The van der Waals surface area contributed by atoms with E-state index in [0.717, 1.165) is 11.3 Å². The number of furan rings is 1. The number of aromatic nitrogens is 1.